The Labute approximate surface area is 154 Å². The first-order chi connectivity index (χ1) is 10.7. The molecule has 0 saturated carbocycles. The summed E-state index contributed by atoms with van der Waals surface area (Å²) in [7, 11) is 8.19. The van der Waals surface area contributed by atoms with Gasteiger partial charge < -0.3 is 29.6 Å². The third kappa shape index (κ3) is 6.69. The first-order valence-electron chi connectivity index (χ1n) is 6.92. The van der Waals surface area contributed by atoms with Gasteiger partial charge in [-0.2, -0.15) is 0 Å². The average molecular weight is 439 g/mol. The molecule has 0 radical (unpaired) electrons. The Morgan fingerprint density at radius 1 is 0.957 bits per heavy atom. The number of halogens is 1. The Morgan fingerprint density at radius 2 is 1.57 bits per heavy atom. The molecule has 0 spiro atoms. The maximum atomic E-state index is 5.40. The van der Waals surface area contributed by atoms with Gasteiger partial charge in [-0.3, -0.25) is 4.99 Å². The number of guanidine groups is 1. The standard InChI is InChI=1S/C15H25N3O4.HI/c1-16-15(17-6-7-19-2)18-10-11-8-13(21-4)14(22-5)9-12(11)20-3;/h8-9H,6-7,10H2,1-5H3,(H2,16,17,18);1H. The molecule has 0 unspecified atom stereocenters. The molecule has 0 saturated heterocycles. The van der Waals surface area contributed by atoms with Crippen LogP contribution in [0.4, 0.5) is 0 Å². The highest BCUT2D eigenvalue weighted by Crippen LogP contribution is 2.34. The minimum atomic E-state index is 0. The van der Waals surface area contributed by atoms with Crippen LogP contribution in [0.2, 0.25) is 0 Å². The minimum absolute atomic E-state index is 0. The van der Waals surface area contributed by atoms with Gasteiger partial charge in [0.15, 0.2) is 17.5 Å². The lowest BCUT2D eigenvalue weighted by Gasteiger charge is -2.16. The number of hydrogen-bond acceptors (Lipinski definition) is 5. The lowest BCUT2D eigenvalue weighted by Crippen LogP contribution is -2.38. The van der Waals surface area contributed by atoms with Gasteiger partial charge in [0.25, 0.3) is 0 Å². The van der Waals surface area contributed by atoms with Gasteiger partial charge in [0.2, 0.25) is 0 Å². The minimum Gasteiger partial charge on any atom is -0.496 e. The number of aliphatic imine (C=N–C) groups is 1. The molecule has 8 heteroatoms. The summed E-state index contributed by atoms with van der Waals surface area (Å²) in [5, 5.41) is 6.36. The van der Waals surface area contributed by atoms with E-state index < -0.39 is 0 Å². The van der Waals surface area contributed by atoms with Crippen molar-refractivity contribution < 1.29 is 18.9 Å². The molecule has 132 valence electrons. The molecule has 23 heavy (non-hydrogen) atoms. The summed E-state index contributed by atoms with van der Waals surface area (Å²) in [5.41, 5.74) is 0.940. The first-order valence-corrected chi connectivity index (χ1v) is 6.92. The molecule has 0 heterocycles. The lowest BCUT2D eigenvalue weighted by atomic mass is 10.1. The Balaban J connectivity index is 0.00000484. The summed E-state index contributed by atoms with van der Waals surface area (Å²) in [6.07, 6.45) is 0. The van der Waals surface area contributed by atoms with E-state index in [2.05, 4.69) is 15.6 Å². The molecule has 7 nitrogen and oxygen atoms in total. The van der Waals surface area contributed by atoms with Crippen molar-refractivity contribution in [3.63, 3.8) is 0 Å². The van der Waals surface area contributed by atoms with Crippen LogP contribution in [0.5, 0.6) is 17.2 Å². The summed E-state index contributed by atoms with van der Waals surface area (Å²) < 4.78 is 21.0. The second-order valence-electron chi connectivity index (χ2n) is 4.36. The summed E-state index contributed by atoms with van der Waals surface area (Å²) in [5.74, 6) is 2.69. The van der Waals surface area contributed by atoms with Crippen molar-refractivity contribution in [1.29, 1.82) is 0 Å². The zero-order valence-electron chi connectivity index (χ0n) is 14.3. The topological polar surface area (TPSA) is 73.3 Å². The van der Waals surface area contributed by atoms with Crippen molar-refractivity contribution in [1.82, 2.24) is 10.6 Å². The van der Waals surface area contributed by atoms with Crippen LogP contribution in [0.1, 0.15) is 5.56 Å². The number of methoxy groups -OCH3 is 4. The van der Waals surface area contributed by atoms with Crippen LogP contribution in [0.15, 0.2) is 17.1 Å². The molecule has 1 aromatic carbocycles. The average Bonchev–Trinajstić information content (AvgIpc) is 2.57. The van der Waals surface area contributed by atoms with Gasteiger partial charge in [0, 0.05) is 38.9 Å². The molecule has 0 aromatic heterocycles. The van der Waals surface area contributed by atoms with Crippen LogP contribution >= 0.6 is 24.0 Å². The largest absolute Gasteiger partial charge is 0.496 e. The maximum Gasteiger partial charge on any atom is 0.191 e. The van der Waals surface area contributed by atoms with Crippen molar-refractivity contribution in [2.45, 2.75) is 6.54 Å². The van der Waals surface area contributed by atoms with E-state index >= 15 is 0 Å². The Morgan fingerprint density at radius 3 is 2.09 bits per heavy atom. The Hall–Kier alpha value is -1.42. The fraction of sp³-hybridized carbons (Fsp3) is 0.533. The predicted octanol–water partition coefficient (Wildman–Crippen LogP) is 1.64. The van der Waals surface area contributed by atoms with Crippen LogP contribution in [0.25, 0.3) is 0 Å². The third-order valence-corrected chi connectivity index (χ3v) is 3.06. The fourth-order valence-corrected chi connectivity index (χ4v) is 1.90. The third-order valence-electron chi connectivity index (χ3n) is 3.06. The van der Waals surface area contributed by atoms with E-state index in [0.717, 1.165) is 11.3 Å². The number of ether oxygens (including phenoxy) is 4. The highest BCUT2D eigenvalue weighted by molar-refractivity contribution is 14.0. The number of rotatable bonds is 8. The fourth-order valence-electron chi connectivity index (χ4n) is 1.90. The smallest absolute Gasteiger partial charge is 0.191 e. The van der Waals surface area contributed by atoms with Gasteiger partial charge in [-0.25, -0.2) is 0 Å². The van der Waals surface area contributed by atoms with E-state index in [0.29, 0.717) is 37.2 Å². The normalized spacial score (nSPS) is 10.6. The van der Waals surface area contributed by atoms with E-state index in [1.165, 1.54) is 0 Å². The molecule has 0 amide bonds. The first kappa shape index (κ1) is 21.6. The predicted molar refractivity (Wildman–Crippen MR) is 102 cm³/mol. The molecule has 0 atom stereocenters. The molecule has 1 aromatic rings. The van der Waals surface area contributed by atoms with E-state index in [1.807, 2.05) is 6.07 Å². The van der Waals surface area contributed by atoms with Gasteiger partial charge in [0.05, 0.1) is 27.9 Å². The molecule has 0 aliphatic carbocycles. The maximum absolute atomic E-state index is 5.40. The number of nitrogens with one attached hydrogen (secondary N) is 2. The van der Waals surface area contributed by atoms with E-state index in [-0.39, 0.29) is 24.0 Å². The highest BCUT2D eigenvalue weighted by Gasteiger charge is 2.12. The quantitative estimate of drug-likeness (QED) is 0.278. The summed E-state index contributed by atoms with van der Waals surface area (Å²) in [4.78, 5) is 4.15. The van der Waals surface area contributed by atoms with Gasteiger partial charge in [-0.15, -0.1) is 24.0 Å². The van der Waals surface area contributed by atoms with Gasteiger partial charge in [-0.05, 0) is 6.07 Å². The molecular formula is C15H26IN3O4. The van der Waals surface area contributed by atoms with Crippen LogP contribution < -0.4 is 24.8 Å². The zero-order chi connectivity index (χ0) is 16.4. The number of nitrogens with zero attached hydrogens (tertiary/aromatic N) is 1. The molecule has 0 fully saturated rings. The molecular weight excluding hydrogens is 413 g/mol. The number of benzene rings is 1. The van der Waals surface area contributed by atoms with Crippen molar-refractivity contribution in [3.8, 4) is 17.2 Å². The van der Waals surface area contributed by atoms with Gasteiger partial charge in [-0.1, -0.05) is 0 Å². The molecule has 1 rings (SSSR count). The molecule has 2 N–H and O–H groups in total. The van der Waals surface area contributed by atoms with E-state index in [1.54, 1.807) is 41.6 Å². The molecule has 0 aliphatic heterocycles. The van der Waals surface area contributed by atoms with Crippen molar-refractivity contribution in [2.75, 3.05) is 48.6 Å². The van der Waals surface area contributed by atoms with Crippen LogP contribution in [0, 0.1) is 0 Å². The van der Waals surface area contributed by atoms with Crippen LogP contribution in [0.3, 0.4) is 0 Å². The Kier molecular flexibility index (Phi) is 11.3. The second-order valence-corrected chi connectivity index (χ2v) is 4.36. The second kappa shape index (κ2) is 12.1. The van der Waals surface area contributed by atoms with E-state index in [9.17, 15) is 0 Å². The van der Waals surface area contributed by atoms with Crippen molar-refractivity contribution >= 4 is 29.9 Å². The molecule has 0 aliphatic rings. The summed E-state index contributed by atoms with van der Waals surface area (Å²) >= 11 is 0. The monoisotopic (exact) mass is 439 g/mol. The Bertz CT molecular complexity index is 498. The highest BCUT2D eigenvalue weighted by atomic mass is 127. The van der Waals surface area contributed by atoms with Crippen LogP contribution in [-0.2, 0) is 11.3 Å². The van der Waals surface area contributed by atoms with E-state index in [4.69, 9.17) is 18.9 Å². The van der Waals surface area contributed by atoms with Gasteiger partial charge >= 0.3 is 0 Å². The summed E-state index contributed by atoms with van der Waals surface area (Å²) in [6, 6.07) is 3.68. The molecule has 0 bridgehead atoms. The zero-order valence-corrected chi connectivity index (χ0v) is 16.6. The van der Waals surface area contributed by atoms with Crippen LogP contribution in [-0.4, -0.2) is 54.6 Å². The van der Waals surface area contributed by atoms with Crippen molar-refractivity contribution in [2.24, 2.45) is 4.99 Å². The van der Waals surface area contributed by atoms with Crippen molar-refractivity contribution in [3.05, 3.63) is 17.7 Å². The van der Waals surface area contributed by atoms with Gasteiger partial charge in [0.1, 0.15) is 5.75 Å². The summed E-state index contributed by atoms with van der Waals surface area (Å²) in [6.45, 7) is 1.83. The SMILES string of the molecule is CN=C(NCCOC)NCc1cc(OC)c(OC)cc1OC.I. The lowest BCUT2D eigenvalue weighted by molar-refractivity contribution is 0.203. The number of hydrogen-bond donors (Lipinski definition) is 2.